The SMILES string of the molecule is C#CC(C)(P)C(=O)N1C=CCCC1. The Balaban J connectivity index is 2.73. The van der Waals surface area contributed by atoms with Crippen molar-refractivity contribution in [2.75, 3.05) is 6.54 Å². The summed E-state index contributed by atoms with van der Waals surface area (Å²) in [5.41, 5.74) is 0. The highest BCUT2D eigenvalue weighted by atomic mass is 31.0. The topological polar surface area (TPSA) is 20.3 Å². The molecule has 2 atom stereocenters. The lowest BCUT2D eigenvalue weighted by Gasteiger charge is -2.27. The van der Waals surface area contributed by atoms with E-state index in [0.29, 0.717) is 0 Å². The van der Waals surface area contributed by atoms with E-state index in [1.807, 2.05) is 12.3 Å². The molecule has 70 valence electrons. The Bertz CT molecular complexity index is 275. The maximum Gasteiger partial charge on any atom is 0.248 e. The largest absolute Gasteiger partial charge is 0.318 e. The maximum absolute atomic E-state index is 11.8. The van der Waals surface area contributed by atoms with Crippen LogP contribution in [0.1, 0.15) is 19.8 Å². The molecule has 13 heavy (non-hydrogen) atoms. The summed E-state index contributed by atoms with van der Waals surface area (Å²) in [5.74, 6) is 2.46. The molecule has 1 aliphatic rings. The highest BCUT2D eigenvalue weighted by Crippen LogP contribution is 2.21. The fourth-order valence-corrected chi connectivity index (χ4v) is 1.35. The van der Waals surface area contributed by atoms with Crippen LogP contribution in [0.15, 0.2) is 12.3 Å². The summed E-state index contributed by atoms with van der Waals surface area (Å²) in [6, 6.07) is 0. The predicted octanol–water partition coefficient (Wildman–Crippen LogP) is 1.39. The van der Waals surface area contributed by atoms with Gasteiger partial charge in [-0.15, -0.1) is 15.7 Å². The summed E-state index contributed by atoms with van der Waals surface area (Å²) in [4.78, 5) is 13.5. The van der Waals surface area contributed by atoms with Gasteiger partial charge in [-0.1, -0.05) is 12.0 Å². The average Bonchev–Trinajstić information content (AvgIpc) is 2.18. The van der Waals surface area contributed by atoms with Crippen LogP contribution < -0.4 is 0 Å². The number of hydrogen-bond acceptors (Lipinski definition) is 1. The van der Waals surface area contributed by atoms with E-state index in [1.165, 1.54) is 0 Å². The number of terminal acetylenes is 1. The van der Waals surface area contributed by atoms with Gasteiger partial charge in [0.25, 0.3) is 0 Å². The summed E-state index contributed by atoms with van der Waals surface area (Å²) >= 11 is 0. The van der Waals surface area contributed by atoms with Gasteiger partial charge in [0.05, 0.1) is 0 Å². The maximum atomic E-state index is 11.8. The van der Waals surface area contributed by atoms with Gasteiger partial charge in [0.2, 0.25) is 5.91 Å². The molecule has 0 aromatic rings. The van der Waals surface area contributed by atoms with E-state index < -0.39 is 5.16 Å². The molecule has 1 heterocycles. The molecule has 0 bridgehead atoms. The lowest BCUT2D eigenvalue weighted by molar-refractivity contribution is -0.129. The van der Waals surface area contributed by atoms with Gasteiger partial charge in [0.1, 0.15) is 5.16 Å². The molecule has 2 nitrogen and oxygen atoms in total. The van der Waals surface area contributed by atoms with Crippen LogP contribution >= 0.6 is 9.24 Å². The van der Waals surface area contributed by atoms with Gasteiger partial charge in [0.15, 0.2) is 0 Å². The molecule has 0 aromatic carbocycles. The molecule has 0 aliphatic carbocycles. The minimum atomic E-state index is -0.762. The lowest BCUT2D eigenvalue weighted by Crippen LogP contribution is -2.40. The quantitative estimate of drug-likeness (QED) is 0.457. The summed E-state index contributed by atoms with van der Waals surface area (Å²) in [7, 11) is 2.42. The van der Waals surface area contributed by atoms with Crippen LogP contribution in [0.5, 0.6) is 0 Å². The number of hydrogen-bond donors (Lipinski definition) is 0. The van der Waals surface area contributed by atoms with Gasteiger partial charge < -0.3 is 4.90 Å². The minimum Gasteiger partial charge on any atom is -0.318 e. The summed E-state index contributed by atoms with van der Waals surface area (Å²) in [6.07, 6.45) is 11.2. The van der Waals surface area contributed by atoms with Crippen molar-refractivity contribution in [2.45, 2.75) is 24.9 Å². The van der Waals surface area contributed by atoms with E-state index in [9.17, 15) is 4.79 Å². The fraction of sp³-hybridized carbons (Fsp3) is 0.500. The zero-order valence-corrected chi connectivity index (χ0v) is 8.94. The molecular weight excluding hydrogens is 181 g/mol. The number of carbonyl (C=O) groups excluding carboxylic acids is 1. The molecule has 0 saturated heterocycles. The second-order valence-electron chi connectivity index (χ2n) is 3.37. The molecule has 0 N–H and O–H groups in total. The molecule has 0 fully saturated rings. The molecule has 0 saturated carbocycles. The molecule has 1 amide bonds. The van der Waals surface area contributed by atoms with Gasteiger partial charge in [-0.3, -0.25) is 4.79 Å². The third-order valence-electron chi connectivity index (χ3n) is 2.06. The first-order valence-corrected chi connectivity index (χ1v) is 4.90. The first-order chi connectivity index (χ1) is 6.08. The Labute approximate surface area is 81.6 Å². The van der Waals surface area contributed by atoms with Crippen molar-refractivity contribution < 1.29 is 4.79 Å². The van der Waals surface area contributed by atoms with Crippen molar-refractivity contribution in [1.82, 2.24) is 4.90 Å². The van der Waals surface area contributed by atoms with E-state index in [1.54, 1.807) is 11.8 Å². The Morgan fingerprint density at radius 3 is 2.92 bits per heavy atom. The van der Waals surface area contributed by atoms with Gasteiger partial charge in [0, 0.05) is 12.7 Å². The van der Waals surface area contributed by atoms with E-state index in [0.717, 1.165) is 19.4 Å². The van der Waals surface area contributed by atoms with Crippen LogP contribution in [-0.4, -0.2) is 22.5 Å². The van der Waals surface area contributed by atoms with Crippen LogP contribution in [0, 0.1) is 12.3 Å². The van der Waals surface area contributed by atoms with Gasteiger partial charge >= 0.3 is 0 Å². The zero-order valence-electron chi connectivity index (χ0n) is 7.79. The Morgan fingerprint density at radius 2 is 2.46 bits per heavy atom. The highest BCUT2D eigenvalue weighted by molar-refractivity contribution is 7.21. The predicted molar refractivity (Wildman–Crippen MR) is 57.0 cm³/mol. The lowest BCUT2D eigenvalue weighted by atomic mass is 10.1. The van der Waals surface area contributed by atoms with E-state index >= 15 is 0 Å². The Morgan fingerprint density at radius 1 is 1.77 bits per heavy atom. The summed E-state index contributed by atoms with van der Waals surface area (Å²) < 4.78 is 0. The van der Waals surface area contributed by atoms with Crippen LogP contribution in [0.2, 0.25) is 0 Å². The number of amides is 1. The number of nitrogens with zero attached hydrogens (tertiary/aromatic N) is 1. The normalized spacial score (nSPS) is 20.5. The van der Waals surface area contributed by atoms with Gasteiger partial charge in [-0.05, 0) is 19.8 Å². The van der Waals surface area contributed by atoms with Crippen molar-refractivity contribution in [1.29, 1.82) is 0 Å². The number of rotatable bonds is 1. The zero-order chi connectivity index (χ0) is 9.90. The monoisotopic (exact) mass is 195 g/mol. The van der Waals surface area contributed by atoms with Crippen molar-refractivity contribution in [3.63, 3.8) is 0 Å². The number of allylic oxidation sites excluding steroid dienone is 1. The summed E-state index contributed by atoms with van der Waals surface area (Å²) in [5, 5.41) is -0.762. The second kappa shape index (κ2) is 3.94. The van der Waals surface area contributed by atoms with Crippen molar-refractivity contribution in [2.24, 2.45) is 0 Å². The fourth-order valence-electron chi connectivity index (χ4n) is 1.19. The molecule has 3 heteroatoms. The third-order valence-corrected chi connectivity index (χ3v) is 2.47. The third kappa shape index (κ3) is 2.32. The molecular formula is C10H14NOP. The van der Waals surface area contributed by atoms with E-state index in [-0.39, 0.29) is 5.91 Å². The van der Waals surface area contributed by atoms with Crippen molar-refractivity contribution in [3.8, 4) is 12.3 Å². The molecule has 0 radical (unpaired) electrons. The van der Waals surface area contributed by atoms with Crippen LogP contribution in [0.4, 0.5) is 0 Å². The van der Waals surface area contributed by atoms with Crippen LogP contribution in [-0.2, 0) is 4.79 Å². The van der Waals surface area contributed by atoms with Crippen molar-refractivity contribution in [3.05, 3.63) is 12.3 Å². The first kappa shape index (κ1) is 10.3. The molecule has 0 spiro atoms. The molecule has 0 aromatic heterocycles. The Kier molecular flexibility index (Phi) is 3.12. The molecule has 1 aliphatic heterocycles. The average molecular weight is 195 g/mol. The highest BCUT2D eigenvalue weighted by Gasteiger charge is 2.29. The standard InChI is InChI=1S/C10H14NOP/c1-3-10(2,13)9(12)11-7-5-4-6-8-11/h1,5,7H,4,6,8,13H2,2H3. The van der Waals surface area contributed by atoms with Crippen molar-refractivity contribution >= 4 is 15.1 Å². The van der Waals surface area contributed by atoms with Crippen LogP contribution in [0.25, 0.3) is 0 Å². The smallest absolute Gasteiger partial charge is 0.248 e. The van der Waals surface area contributed by atoms with Crippen LogP contribution in [0.3, 0.4) is 0 Å². The first-order valence-electron chi connectivity index (χ1n) is 4.32. The molecule has 2 unspecified atom stereocenters. The summed E-state index contributed by atoms with van der Waals surface area (Å²) in [6.45, 7) is 2.52. The number of carbonyl (C=O) groups is 1. The van der Waals surface area contributed by atoms with Gasteiger partial charge in [-0.2, -0.15) is 0 Å². The van der Waals surface area contributed by atoms with E-state index in [4.69, 9.17) is 6.42 Å². The minimum absolute atomic E-state index is 0.0176. The molecule has 1 rings (SSSR count). The van der Waals surface area contributed by atoms with Gasteiger partial charge in [-0.25, -0.2) is 0 Å². The second-order valence-corrected chi connectivity index (χ2v) is 4.53. The Hall–Kier alpha value is -0.800. The van der Waals surface area contributed by atoms with E-state index in [2.05, 4.69) is 15.2 Å².